The third-order valence-corrected chi connectivity index (χ3v) is 13.8. The molecule has 4 aromatic rings. The number of hydrogen-bond donors (Lipinski definition) is 3. The van der Waals surface area contributed by atoms with Crippen LogP contribution in [-0.4, -0.2) is 73.8 Å². The normalized spacial score (nSPS) is 22.4. The number of carbonyl (C=O) groups excluding carboxylic acids is 1. The van der Waals surface area contributed by atoms with Gasteiger partial charge in [0.25, 0.3) is 0 Å². The zero-order chi connectivity index (χ0) is 39.0. The quantitative estimate of drug-likeness (QED) is 0.185. The van der Waals surface area contributed by atoms with Crippen molar-refractivity contribution in [2.75, 3.05) is 48.3 Å². The molecule has 0 radical (unpaired) electrons. The molecule has 3 N–H and O–H groups in total. The van der Waals surface area contributed by atoms with E-state index >= 15 is 0 Å². The van der Waals surface area contributed by atoms with Crippen molar-refractivity contribution in [2.24, 2.45) is 14.1 Å². The van der Waals surface area contributed by atoms with Gasteiger partial charge in [0, 0.05) is 76.5 Å². The van der Waals surface area contributed by atoms with Gasteiger partial charge in [-0.3, -0.25) is 14.3 Å². The second kappa shape index (κ2) is 17.2. The molecule has 0 saturated carbocycles. The summed E-state index contributed by atoms with van der Waals surface area (Å²) < 4.78 is 9.56. The van der Waals surface area contributed by atoms with Crippen LogP contribution in [0.3, 0.4) is 0 Å². The number of carbonyl (C=O) groups is 1. The van der Waals surface area contributed by atoms with E-state index in [9.17, 15) is 4.79 Å². The molecule has 10 nitrogen and oxygen atoms in total. The third kappa shape index (κ3) is 8.86. The van der Waals surface area contributed by atoms with E-state index in [1.54, 1.807) is 6.07 Å². The number of ether oxygens (including phenoxy) is 1. The van der Waals surface area contributed by atoms with Crippen molar-refractivity contribution in [2.45, 2.75) is 74.6 Å². The van der Waals surface area contributed by atoms with Crippen LogP contribution in [0.5, 0.6) is 0 Å². The summed E-state index contributed by atoms with van der Waals surface area (Å²) in [4.78, 5) is 14.8. The predicted molar refractivity (Wildman–Crippen MR) is 230 cm³/mol. The predicted octanol–water partition coefficient (Wildman–Crippen LogP) is 10.4. The fourth-order valence-electron chi connectivity index (χ4n) is 7.85. The Kier molecular flexibility index (Phi) is 12.7. The molecular formula is C39H48Cl4N8O2S2. The molecule has 16 heteroatoms. The molecule has 2 aromatic heterocycles. The van der Waals surface area contributed by atoms with E-state index in [1.807, 2.05) is 96.9 Å². The molecule has 0 bridgehead atoms. The maximum Gasteiger partial charge on any atom is 0.410 e. The Hall–Kier alpha value is -2.45. The van der Waals surface area contributed by atoms with E-state index in [2.05, 4.69) is 22.0 Å². The van der Waals surface area contributed by atoms with Crippen LogP contribution >= 0.6 is 69.9 Å². The number of amides is 1. The van der Waals surface area contributed by atoms with Gasteiger partial charge < -0.3 is 20.7 Å². The first kappa shape index (κ1) is 40.7. The Bertz CT molecular complexity index is 2030. The van der Waals surface area contributed by atoms with E-state index in [0.29, 0.717) is 27.7 Å². The summed E-state index contributed by atoms with van der Waals surface area (Å²) in [6.45, 7) is 9.15. The lowest BCUT2D eigenvalue weighted by atomic mass is 9.99. The highest BCUT2D eigenvalue weighted by Crippen LogP contribution is 2.50. The molecule has 2 unspecified atom stereocenters. The molecule has 2 saturated heterocycles. The number of anilines is 2. The summed E-state index contributed by atoms with van der Waals surface area (Å²) in [6.07, 6.45) is 3.82. The molecule has 2 fully saturated rings. The highest BCUT2D eigenvalue weighted by molar-refractivity contribution is 8.00. The summed E-state index contributed by atoms with van der Waals surface area (Å²) in [5, 5.41) is 23.2. The number of benzene rings is 2. The standard InChI is InChI=1S/C22H28Cl2N4O2S.C17H20Cl2N4S/c1-22(2,3)30-21(29)28-10-5-6-16(28)18-17-19(14-8-7-13(23)12-15(14)24)31-11-9-25-20(17)27(4)26-18;1-23-17-14(15(22-23)13-3-2-6-20-13)16(24-8-7-21-17)11-5-4-10(18)9-12(11)19/h7-8,12,16,19,25H,5-6,9-11H2,1-4H3;4-5,9,13,16,20-21H,2-3,6-8H2,1H3/t16-,19?;13-,16?/m00/s1. The van der Waals surface area contributed by atoms with Crippen molar-refractivity contribution in [3.8, 4) is 0 Å². The number of fused-ring (bicyclic) bond motifs is 2. The fraction of sp³-hybridized carbons (Fsp3) is 0.513. The smallest absolute Gasteiger partial charge is 0.410 e. The average molecular weight is 867 g/mol. The molecule has 4 atom stereocenters. The minimum atomic E-state index is -0.540. The number of nitrogens with zero attached hydrogens (tertiary/aromatic N) is 5. The van der Waals surface area contributed by atoms with Gasteiger partial charge in [-0.15, -0.1) is 23.5 Å². The Morgan fingerprint density at radius 3 is 1.84 bits per heavy atom. The minimum absolute atomic E-state index is 0.000414. The molecule has 296 valence electrons. The Balaban J connectivity index is 0.000000174. The van der Waals surface area contributed by atoms with Crippen LogP contribution in [0.15, 0.2) is 36.4 Å². The minimum Gasteiger partial charge on any atom is -0.444 e. The van der Waals surface area contributed by atoms with Crippen LogP contribution in [0.25, 0.3) is 0 Å². The fourth-order valence-corrected chi connectivity index (χ4v) is 11.5. The maximum absolute atomic E-state index is 12.9. The van der Waals surface area contributed by atoms with E-state index in [0.717, 1.165) is 95.1 Å². The van der Waals surface area contributed by atoms with Crippen LogP contribution in [0.2, 0.25) is 20.1 Å². The lowest BCUT2D eigenvalue weighted by Crippen LogP contribution is -2.36. The summed E-state index contributed by atoms with van der Waals surface area (Å²) in [7, 11) is 3.96. The number of halogens is 4. The number of nitrogens with one attached hydrogen (secondary N) is 3. The Labute approximate surface area is 352 Å². The molecular weight excluding hydrogens is 818 g/mol. The van der Waals surface area contributed by atoms with Crippen molar-refractivity contribution in [1.82, 2.24) is 29.8 Å². The van der Waals surface area contributed by atoms with Crippen LogP contribution in [0.4, 0.5) is 16.4 Å². The van der Waals surface area contributed by atoms with Crippen LogP contribution in [-0.2, 0) is 18.8 Å². The first-order valence-corrected chi connectivity index (χ1v) is 22.4. The molecule has 4 aliphatic heterocycles. The summed E-state index contributed by atoms with van der Waals surface area (Å²) in [5.41, 5.74) is 6.02. The summed E-state index contributed by atoms with van der Waals surface area (Å²) in [6, 6.07) is 11.7. The van der Waals surface area contributed by atoms with E-state index in [4.69, 9.17) is 61.3 Å². The second-order valence-corrected chi connectivity index (χ2v) is 19.3. The molecule has 0 spiro atoms. The van der Waals surface area contributed by atoms with Crippen molar-refractivity contribution >= 4 is 87.7 Å². The van der Waals surface area contributed by atoms with Crippen molar-refractivity contribution in [1.29, 1.82) is 0 Å². The number of hydrogen-bond acceptors (Lipinski definition) is 9. The van der Waals surface area contributed by atoms with Gasteiger partial charge in [0.05, 0.1) is 34.0 Å². The van der Waals surface area contributed by atoms with Gasteiger partial charge in [-0.1, -0.05) is 58.5 Å². The lowest BCUT2D eigenvalue weighted by molar-refractivity contribution is 0.0220. The highest BCUT2D eigenvalue weighted by Gasteiger charge is 2.40. The molecule has 0 aliphatic carbocycles. The van der Waals surface area contributed by atoms with Gasteiger partial charge in [0.15, 0.2) is 0 Å². The number of aryl methyl sites for hydroxylation is 2. The first-order chi connectivity index (χ1) is 26.3. The van der Waals surface area contributed by atoms with Gasteiger partial charge in [-0.2, -0.15) is 10.2 Å². The third-order valence-electron chi connectivity index (χ3n) is 10.2. The molecule has 55 heavy (non-hydrogen) atoms. The average Bonchev–Trinajstić information content (AvgIpc) is 3.88. The lowest BCUT2D eigenvalue weighted by Gasteiger charge is -2.29. The van der Waals surface area contributed by atoms with Crippen LogP contribution in [0, 0.1) is 0 Å². The SMILES string of the molecule is Cn1nc([C@@H]2CCCN2)c2c1NCCSC2c1ccc(Cl)cc1Cl.Cn1nc([C@@H]2CCCN2C(=O)OC(C)(C)C)c2c1NCCSC2c1ccc(Cl)cc1Cl. The van der Waals surface area contributed by atoms with Gasteiger partial charge in [-0.25, -0.2) is 4.79 Å². The summed E-state index contributed by atoms with van der Waals surface area (Å²) >= 11 is 29.2. The monoisotopic (exact) mass is 864 g/mol. The van der Waals surface area contributed by atoms with Crippen molar-refractivity contribution in [3.05, 3.63) is 90.1 Å². The number of likely N-dealkylation sites (tertiary alicyclic amines) is 1. The molecule has 8 rings (SSSR count). The molecule has 4 aliphatic rings. The zero-order valence-corrected chi connectivity index (χ0v) is 36.4. The number of aromatic nitrogens is 4. The number of rotatable bonds is 4. The van der Waals surface area contributed by atoms with Gasteiger partial charge >= 0.3 is 6.09 Å². The summed E-state index contributed by atoms with van der Waals surface area (Å²) in [5.74, 6) is 4.04. The van der Waals surface area contributed by atoms with Gasteiger partial charge in [0.1, 0.15) is 17.2 Å². The maximum atomic E-state index is 12.9. The van der Waals surface area contributed by atoms with E-state index in [-0.39, 0.29) is 22.6 Å². The van der Waals surface area contributed by atoms with Crippen LogP contribution < -0.4 is 16.0 Å². The Morgan fingerprint density at radius 2 is 1.33 bits per heavy atom. The number of thioether (sulfide) groups is 2. The molecule has 2 aromatic carbocycles. The largest absolute Gasteiger partial charge is 0.444 e. The van der Waals surface area contributed by atoms with Crippen molar-refractivity contribution in [3.63, 3.8) is 0 Å². The Morgan fingerprint density at radius 1 is 0.782 bits per heavy atom. The van der Waals surface area contributed by atoms with E-state index in [1.165, 1.54) is 12.0 Å². The topological polar surface area (TPSA) is 101 Å². The van der Waals surface area contributed by atoms with E-state index < -0.39 is 5.60 Å². The highest BCUT2D eigenvalue weighted by atomic mass is 35.5. The van der Waals surface area contributed by atoms with Gasteiger partial charge in [-0.05, 0) is 88.4 Å². The molecule has 1 amide bonds. The van der Waals surface area contributed by atoms with Gasteiger partial charge in [0.2, 0.25) is 0 Å². The second-order valence-electron chi connectivity index (χ2n) is 15.2. The molecule has 6 heterocycles. The zero-order valence-electron chi connectivity index (χ0n) is 31.7. The first-order valence-electron chi connectivity index (χ1n) is 18.8. The van der Waals surface area contributed by atoms with Crippen molar-refractivity contribution < 1.29 is 9.53 Å². The van der Waals surface area contributed by atoms with Crippen LogP contribution in [0.1, 0.15) is 103 Å².